The number of hydrogen-bond acceptors (Lipinski definition) is 4. The van der Waals surface area contributed by atoms with Gasteiger partial charge in [-0.1, -0.05) is 36.4 Å². The van der Waals surface area contributed by atoms with Crippen LogP contribution in [0.2, 0.25) is 0 Å². The van der Waals surface area contributed by atoms with Crippen LogP contribution in [-0.4, -0.2) is 56.0 Å². The van der Waals surface area contributed by atoms with Gasteiger partial charge in [-0.05, 0) is 48.0 Å². The number of benzene rings is 3. The molecule has 1 unspecified atom stereocenters. The molecule has 2 amide bonds. The van der Waals surface area contributed by atoms with Crippen molar-refractivity contribution in [1.29, 1.82) is 0 Å². The maximum atomic E-state index is 13.6. The Hall–Kier alpha value is -3.80. The molecule has 1 fully saturated rings. The summed E-state index contributed by atoms with van der Waals surface area (Å²) in [6.45, 7) is 2.77. The minimum Gasteiger partial charge on any atom is -0.497 e. The van der Waals surface area contributed by atoms with Gasteiger partial charge in [-0.15, -0.1) is 0 Å². The van der Waals surface area contributed by atoms with Crippen molar-refractivity contribution in [2.75, 3.05) is 43.1 Å². The van der Waals surface area contributed by atoms with E-state index in [0.717, 1.165) is 35.8 Å². The number of carbonyl (C=O) groups is 2. The van der Waals surface area contributed by atoms with Gasteiger partial charge in [-0.2, -0.15) is 0 Å². The van der Waals surface area contributed by atoms with Crippen molar-refractivity contribution < 1.29 is 14.3 Å². The Kier molecular flexibility index (Phi) is 5.73. The molecule has 1 saturated heterocycles. The number of amides is 2. The number of rotatable bonds is 4. The van der Waals surface area contributed by atoms with Crippen LogP contribution >= 0.6 is 0 Å². The van der Waals surface area contributed by atoms with Gasteiger partial charge in [0.15, 0.2) is 0 Å². The van der Waals surface area contributed by atoms with Gasteiger partial charge in [-0.3, -0.25) is 14.5 Å². The van der Waals surface area contributed by atoms with Crippen molar-refractivity contribution in [3.63, 3.8) is 0 Å². The van der Waals surface area contributed by atoms with Crippen LogP contribution in [0.15, 0.2) is 78.9 Å². The average Bonchev–Trinajstić information content (AvgIpc) is 3.28. The first kappa shape index (κ1) is 21.1. The lowest BCUT2D eigenvalue weighted by Crippen LogP contribution is -2.55. The van der Waals surface area contributed by atoms with E-state index >= 15 is 0 Å². The summed E-state index contributed by atoms with van der Waals surface area (Å²) in [4.78, 5) is 33.0. The van der Waals surface area contributed by atoms with E-state index in [4.69, 9.17) is 4.74 Å². The molecular weight excluding hydrogens is 414 g/mol. The lowest BCUT2D eigenvalue weighted by atomic mass is 10.1. The molecule has 0 radical (unpaired) electrons. The second-order valence-electron chi connectivity index (χ2n) is 8.40. The lowest BCUT2D eigenvalue weighted by Gasteiger charge is -2.38. The number of fused-ring (bicyclic) bond motifs is 1. The number of nitrogens with zero attached hydrogens (tertiary/aromatic N) is 3. The Labute approximate surface area is 194 Å². The van der Waals surface area contributed by atoms with Crippen LogP contribution in [0.1, 0.15) is 15.9 Å². The van der Waals surface area contributed by atoms with Crippen molar-refractivity contribution in [2.45, 2.75) is 12.5 Å². The van der Waals surface area contributed by atoms with Crippen molar-refractivity contribution in [3.8, 4) is 5.75 Å². The number of piperazine rings is 1. The quantitative estimate of drug-likeness (QED) is 0.621. The molecule has 3 aromatic rings. The summed E-state index contributed by atoms with van der Waals surface area (Å²) in [6.07, 6.45) is 0.548. The molecule has 168 valence electrons. The molecule has 33 heavy (non-hydrogen) atoms. The molecule has 0 aliphatic carbocycles. The number of hydrogen-bond donors (Lipinski definition) is 0. The predicted octanol–water partition coefficient (Wildman–Crippen LogP) is 3.62. The molecule has 2 aliphatic rings. The van der Waals surface area contributed by atoms with Crippen LogP contribution in [0.5, 0.6) is 5.75 Å². The maximum absolute atomic E-state index is 13.6. The minimum atomic E-state index is -0.511. The Morgan fingerprint density at radius 2 is 1.48 bits per heavy atom. The molecule has 3 aromatic carbocycles. The third-order valence-corrected chi connectivity index (χ3v) is 6.53. The molecule has 6 heteroatoms. The van der Waals surface area contributed by atoms with E-state index < -0.39 is 6.04 Å². The highest BCUT2D eigenvalue weighted by Gasteiger charge is 2.41. The zero-order valence-electron chi connectivity index (χ0n) is 18.7. The number of ether oxygens (including phenoxy) is 1. The summed E-state index contributed by atoms with van der Waals surface area (Å²) >= 11 is 0. The van der Waals surface area contributed by atoms with E-state index in [2.05, 4.69) is 4.90 Å². The lowest BCUT2D eigenvalue weighted by molar-refractivity contribution is -0.132. The largest absolute Gasteiger partial charge is 0.497 e. The first-order valence-electron chi connectivity index (χ1n) is 11.3. The van der Waals surface area contributed by atoms with Gasteiger partial charge in [0.2, 0.25) is 5.91 Å². The average molecular weight is 442 g/mol. The van der Waals surface area contributed by atoms with Crippen molar-refractivity contribution in [1.82, 2.24) is 4.90 Å². The highest BCUT2D eigenvalue weighted by atomic mass is 16.5. The molecule has 0 N–H and O–H groups in total. The van der Waals surface area contributed by atoms with E-state index in [-0.39, 0.29) is 11.8 Å². The van der Waals surface area contributed by atoms with Crippen LogP contribution in [0.3, 0.4) is 0 Å². The number of anilines is 2. The number of carbonyl (C=O) groups excluding carboxylic acids is 2. The van der Waals surface area contributed by atoms with Crippen LogP contribution in [0, 0.1) is 0 Å². The summed E-state index contributed by atoms with van der Waals surface area (Å²) in [5.74, 6) is 0.720. The molecule has 0 aromatic heterocycles. The summed E-state index contributed by atoms with van der Waals surface area (Å²) in [7, 11) is 1.66. The maximum Gasteiger partial charge on any atom is 0.259 e. The molecule has 0 saturated carbocycles. The third-order valence-electron chi connectivity index (χ3n) is 6.53. The van der Waals surface area contributed by atoms with Crippen LogP contribution < -0.4 is 14.5 Å². The van der Waals surface area contributed by atoms with Crippen molar-refractivity contribution in [2.24, 2.45) is 0 Å². The zero-order valence-corrected chi connectivity index (χ0v) is 18.7. The Bertz CT molecular complexity index is 1140. The molecule has 5 rings (SSSR count). The van der Waals surface area contributed by atoms with Gasteiger partial charge in [0.25, 0.3) is 5.91 Å². The summed E-state index contributed by atoms with van der Waals surface area (Å²) in [6, 6.07) is 24.5. The predicted molar refractivity (Wildman–Crippen MR) is 129 cm³/mol. The van der Waals surface area contributed by atoms with E-state index in [9.17, 15) is 9.59 Å². The van der Waals surface area contributed by atoms with E-state index in [1.54, 1.807) is 24.1 Å². The van der Waals surface area contributed by atoms with Crippen molar-refractivity contribution >= 4 is 23.2 Å². The normalized spacial score (nSPS) is 17.6. The molecule has 2 aliphatic heterocycles. The monoisotopic (exact) mass is 441 g/mol. The van der Waals surface area contributed by atoms with E-state index in [1.807, 2.05) is 71.6 Å². The van der Waals surface area contributed by atoms with Gasteiger partial charge in [0.05, 0.1) is 7.11 Å². The molecular formula is C27H27N3O3. The summed E-state index contributed by atoms with van der Waals surface area (Å²) < 4.78 is 5.25. The molecule has 2 heterocycles. The van der Waals surface area contributed by atoms with E-state index in [1.165, 1.54) is 0 Å². The Balaban J connectivity index is 1.32. The minimum absolute atomic E-state index is 0.0184. The van der Waals surface area contributed by atoms with Crippen LogP contribution in [0.25, 0.3) is 0 Å². The van der Waals surface area contributed by atoms with E-state index in [0.29, 0.717) is 25.1 Å². The third kappa shape index (κ3) is 4.04. The number of para-hydroxylation sites is 1. The fraction of sp³-hybridized carbons (Fsp3) is 0.259. The topological polar surface area (TPSA) is 53.1 Å². The SMILES string of the molecule is COc1ccc(N2CCN(C(=O)C3Cc4ccccc4N3C(=O)c3ccccc3)CC2)cc1. The standard InChI is InChI=1S/C27H27N3O3/c1-33-23-13-11-22(12-14-23)28-15-17-29(18-16-28)27(32)25-19-21-9-5-6-10-24(21)30(25)26(31)20-7-3-2-4-8-20/h2-14,25H,15-19H2,1H3. The Morgan fingerprint density at radius 1 is 0.818 bits per heavy atom. The number of methoxy groups -OCH3 is 1. The van der Waals surface area contributed by atoms with Crippen LogP contribution in [0.4, 0.5) is 11.4 Å². The highest BCUT2D eigenvalue weighted by Crippen LogP contribution is 2.34. The molecule has 6 nitrogen and oxygen atoms in total. The fourth-order valence-electron chi connectivity index (χ4n) is 4.74. The molecule has 0 spiro atoms. The second-order valence-corrected chi connectivity index (χ2v) is 8.40. The highest BCUT2D eigenvalue weighted by molar-refractivity contribution is 6.11. The van der Waals surface area contributed by atoms with Gasteiger partial charge in [-0.25, -0.2) is 0 Å². The smallest absolute Gasteiger partial charge is 0.259 e. The van der Waals surface area contributed by atoms with Gasteiger partial charge in [0.1, 0.15) is 11.8 Å². The second kappa shape index (κ2) is 8.98. The zero-order chi connectivity index (χ0) is 22.8. The van der Waals surface area contributed by atoms with Crippen molar-refractivity contribution in [3.05, 3.63) is 90.0 Å². The fourth-order valence-corrected chi connectivity index (χ4v) is 4.74. The Morgan fingerprint density at radius 3 is 2.18 bits per heavy atom. The van der Waals surface area contributed by atoms with Gasteiger partial charge < -0.3 is 14.5 Å². The summed E-state index contributed by atoms with van der Waals surface area (Å²) in [5.41, 5.74) is 3.59. The van der Waals surface area contributed by atoms with Crippen LogP contribution in [-0.2, 0) is 11.2 Å². The first-order valence-corrected chi connectivity index (χ1v) is 11.3. The summed E-state index contributed by atoms with van der Waals surface area (Å²) in [5, 5.41) is 0. The van der Waals surface area contributed by atoms with Gasteiger partial charge >= 0.3 is 0 Å². The molecule has 0 bridgehead atoms. The molecule has 1 atom stereocenters. The van der Waals surface area contributed by atoms with Gasteiger partial charge in [0, 0.05) is 49.5 Å². The first-order chi connectivity index (χ1) is 16.2.